The summed E-state index contributed by atoms with van der Waals surface area (Å²) in [5, 5.41) is 13.5. The van der Waals surface area contributed by atoms with Crippen LogP contribution >= 0.6 is 11.3 Å². The first-order valence-corrected chi connectivity index (χ1v) is 10.8. The third-order valence-corrected chi connectivity index (χ3v) is 6.29. The lowest BCUT2D eigenvalue weighted by atomic mass is 10.2. The summed E-state index contributed by atoms with van der Waals surface area (Å²) in [5.74, 6) is -0.233. The number of rotatable bonds is 7. The molecule has 0 aliphatic carbocycles. The molecule has 1 N–H and O–H groups in total. The first kappa shape index (κ1) is 20.3. The van der Waals surface area contributed by atoms with Gasteiger partial charge < -0.3 is 5.32 Å². The Bertz CT molecular complexity index is 1170. The fourth-order valence-corrected chi connectivity index (χ4v) is 4.49. The number of anilines is 1. The van der Waals surface area contributed by atoms with Crippen LogP contribution in [-0.4, -0.2) is 24.5 Å². The van der Waals surface area contributed by atoms with E-state index < -0.39 is 0 Å². The molecule has 0 bridgehead atoms. The van der Waals surface area contributed by atoms with Crippen LogP contribution in [0.5, 0.6) is 0 Å². The maximum Gasteiger partial charge on any atom is 0.183 e. The van der Waals surface area contributed by atoms with E-state index in [9.17, 15) is 4.39 Å². The summed E-state index contributed by atoms with van der Waals surface area (Å²) in [7, 11) is 0. The third-order valence-electron chi connectivity index (χ3n) is 5.15. The fraction of sp³-hybridized carbons (Fsp3) is 0.318. The molecule has 0 amide bonds. The zero-order chi connectivity index (χ0) is 21.3. The molecule has 0 saturated heterocycles. The highest BCUT2D eigenvalue weighted by atomic mass is 32.1. The Morgan fingerprint density at radius 2 is 1.93 bits per heavy atom. The SMILES string of the molecule is CCn1nc(C)c(CNc2nc(C)c(-c3ccn(Cc4cccc(F)c4)n3)s2)c1C. The van der Waals surface area contributed by atoms with E-state index in [4.69, 9.17) is 0 Å². The van der Waals surface area contributed by atoms with Gasteiger partial charge in [0.2, 0.25) is 0 Å². The monoisotopic (exact) mass is 424 g/mol. The number of hydrogen-bond acceptors (Lipinski definition) is 5. The Kier molecular flexibility index (Phi) is 5.67. The highest BCUT2D eigenvalue weighted by molar-refractivity contribution is 7.19. The normalized spacial score (nSPS) is 11.2. The predicted octanol–water partition coefficient (Wildman–Crippen LogP) is 4.95. The van der Waals surface area contributed by atoms with Crippen molar-refractivity contribution >= 4 is 16.5 Å². The van der Waals surface area contributed by atoms with Crippen molar-refractivity contribution < 1.29 is 4.39 Å². The first-order valence-electron chi connectivity index (χ1n) is 9.97. The van der Waals surface area contributed by atoms with Gasteiger partial charge in [0.25, 0.3) is 0 Å². The van der Waals surface area contributed by atoms with Gasteiger partial charge in [0, 0.05) is 30.5 Å². The first-order chi connectivity index (χ1) is 14.4. The van der Waals surface area contributed by atoms with E-state index in [1.807, 2.05) is 41.5 Å². The van der Waals surface area contributed by atoms with Gasteiger partial charge in [0.1, 0.15) is 11.5 Å². The molecule has 0 unspecified atom stereocenters. The lowest BCUT2D eigenvalue weighted by Gasteiger charge is -2.04. The summed E-state index contributed by atoms with van der Waals surface area (Å²) < 4.78 is 17.3. The van der Waals surface area contributed by atoms with Gasteiger partial charge in [-0.15, -0.1) is 0 Å². The van der Waals surface area contributed by atoms with Gasteiger partial charge in [-0.05, 0) is 51.5 Å². The third kappa shape index (κ3) is 4.14. The smallest absolute Gasteiger partial charge is 0.183 e. The Hall–Kier alpha value is -3.00. The van der Waals surface area contributed by atoms with Crippen molar-refractivity contribution in [2.75, 3.05) is 5.32 Å². The van der Waals surface area contributed by atoms with Gasteiger partial charge >= 0.3 is 0 Å². The summed E-state index contributed by atoms with van der Waals surface area (Å²) >= 11 is 1.59. The molecule has 3 heterocycles. The quantitative estimate of drug-likeness (QED) is 0.456. The van der Waals surface area contributed by atoms with Crippen molar-refractivity contribution in [1.29, 1.82) is 0 Å². The molecule has 0 radical (unpaired) electrons. The largest absolute Gasteiger partial charge is 0.357 e. The van der Waals surface area contributed by atoms with Gasteiger partial charge in [-0.2, -0.15) is 10.2 Å². The number of nitrogens with one attached hydrogen (secondary N) is 1. The minimum Gasteiger partial charge on any atom is -0.357 e. The molecule has 1 aromatic carbocycles. The van der Waals surface area contributed by atoms with Crippen molar-refractivity contribution in [1.82, 2.24) is 24.5 Å². The van der Waals surface area contributed by atoms with Gasteiger partial charge in [-0.25, -0.2) is 9.37 Å². The number of aromatic nitrogens is 5. The molecule has 0 fully saturated rings. The average Bonchev–Trinajstić information content (AvgIpc) is 3.38. The second-order valence-corrected chi connectivity index (χ2v) is 8.28. The number of aryl methyl sites for hydroxylation is 3. The van der Waals surface area contributed by atoms with E-state index in [1.54, 1.807) is 17.4 Å². The molecule has 3 aromatic heterocycles. The maximum absolute atomic E-state index is 13.4. The van der Waals surface area contributed by atoms with Gasteiger partial charge in [-0.3, -0.25) is 9.36 Å². The van der Waals surface area contributed by atoms with Crippen LogP contribution < -0.4 is 5.32 Å². The molecule has 6 nitrogen and oxygen atoms in total. The number of nitrogens with zero attached hydrogens (tertiary/aromatic N) is 5. The molecule has 4 rings (SSSR count). The van der Waals surface area contributed by atoms with Crippen LogP contribution in [0.25, 0.3) is 10.6 Å². The van der Waals surface area contributed by atoms with Gasteiger partial charge in [0.15, 0.2) is 5.13 Å². The zero-order valence-electron chi connectivity index (χ0n) is 17.6. The van der Waals surface area contributed by atoms with Gasteiger partial charge in [-0.1, -0.05) is 23.5 Å². The Balaban J connectivity index is 1.48. The van der Waals surface area contributed by atoms with Crippen molar-refractivity contribution in [3.8, 4) is 10.6 Å². The van der Waals surface area contributed by atoms with Crippen LogP contribution in [0.1, 0.15) is 35.1 Å². The Morgan fingerprint density at radius 3 is 2.67 bits per heavy atom. The molecule has 0 aliphatic rings. The Labute approximate surface area is 179 Å². The average molecular weight is 425 g/mol. The van der Waals surface area contributed by atoms with Crippen LogP contribution in [0.4, 0.5) is 9.52 Å². The molecule has 0 atom stereocenters. The molecule has 4 aromatic rings. The van der Waals surface area contributed by atoms with Crippen molar-refractivity contribution in [2.45, 2.75) is 47.3 Å². The van der Waals surface area contributed by atoms with Crippen LogP contribution in [0, 0.1) is 26.6 Å². The second kappa shape index (κ2) is 8.39. The number of hydrogen-bond donors (Lipinski definition) is 1. The molecule has 30 heavy (non-hydrogen) atoms. The number of thiazole rings is 1. The van der Waals surface area contributed by atoms with Crippen LogP contribution in [0.15, 0.2) is 36.5 Å². The maximum atomic E-state index is 13.4. The predicted molar refractivity (Wildman–Crippen MR) is 118 cm³/mol. The van der Waals surface area contributed by atoms with E-state index in [2.05, 4.69) is 34.3 Å². The summed E-state index contributed by atoms with van der Waals surface area (Å²) in [5.41, 5.74) is 6.15. The highest BCUT2D eigenvalue weighted by Crippen LogP contribution is 2.32. The highest BCUT2D eigenvalue weighted by Gasteiger charge is 2.15. The van der Waals surface area contributed by atoms with E-state index in [1.165, 1.54) is 23.4 Å². The lowest BCUT2D eigenvalue weighted by Crippen LogP contribution is -2.03. The topological polar surface area (TPSA) is 60.6 Å². The fourth-order valence-electron chi connectivity index (χ4n) is 3.56. The van der Waals surface area contributed by atoms with Crippen LogP contribution in [-0.2, 0) is 19.6 Å². The second-order valence-electron chi connectivity index (χ2n) is 7.28. The molecule has 0 aliphatic heterocycles. The van der Waals surface area contributed by atoms with Gasteiger partial charge in [0.05, 0.1) is 22.8 Å². The molecule has 8 heteroatoms. The molecule has 0 spiro atoms. The minimum atomic E-state index is -0.233. The Morgan fingerprint density at radius 1 is 1.10 bits per heavy atom. The van der Waals surface area contributed by atoms with E-state index in [0.717, 1.165) is 39.2 Å². The van der Waals surface area contributed by atoms with Crippen molar-refractivity contribution in [3.05, 3.63) is 70.6 Å². The van der Waals surface area contributed by atoms with Crippen LogP contribution in [0.3, 0.4) is 0 Å². The standard InChI is InChI=1S/C22H25FN6S/c1-5-29-16(4)19(14(2)26-29)12-24-22-25-15(3)21(30-22)20-9-10-28(27-20)13-17-7-6-8-18(23)11-17/h6-11H,5,12-13H2,1-4H3,(H,24,25). The molecular weight excluding hydrogens is 399 g/mol. The molecular formula is C22H25FN6S. The number of benzene rings is 1. The van der Waals surface area contributed by atoms with E-state index in [-0.39, 0.29) is 5.82 Å². The molecule has 0 saturated carbocycles. The zero-order valence-corrected chi connectivity index (χ0v) is 18.4. The summed E-state index contributed by atoms with van der Waals surface area (Å²) in [6.45, 7) is 10.3. The molecule has 156 valence electrons. The van der Waals surface area contributed by atoms with E-state index >= 15 is 0 Å². The lowest BCUT2D eigenvalue weighted by molar-refractivity contribution is 0.619. The van der Waals surface area contributed by atoms with Crippen molar-refractivity contribution in [2.24, 2.45) is 0 Å². The number of halogens is 1. The van der Waals surface area contributed by atoms with Crippen LogP contribution in [0.2, 0.25) is 0 Å². The summed E-state index contributed by atoms with van der Waals surface area (Å²) in [6.07, 6.45) is 1.92. The minimum absolute atomic E-state index is 0.233. The van der Waals surface area contributed by atoms with E-state index in [0.29, 0.717) is 13.1 Å². The van der Waals surface area contributed by atoms with Crippen molar-refractivity contribution in [3.63, 3.8) is 0 Å². The summed E-state index contributed by atoms with van der Waals surface area (Å²) in [6, 6.07) is 8.57. The summed E-state index contributed by atoms with van der Waals surface area (Å²) in [4.78, 5) is 5.71.